The number of benzene rings is 3. The van der Waals surface area contributed by atoms with Gasteiger partial charge in [0.25, 0.3) is 0 Å². The molecule has 1 aliphatic rings. The van der Waals surface area contributed by atoms with Gasteiger partial charge in [-0.25, -0.2) is 9.97 Å². The Bertz CT molecular complexity index is 1940. The van der Waals surface area contributed by atoms with Crippen LogP contribution in [0.3, 0.4) is 0 Å². The molecule has 1 aliphatic heterocycles. The maximum absolute atomic E-state index is 13.4. The first-order valence-corrected chi connectivity index (χ1v) is 28.6. The molecular weight excluding hydrogens is 795 g/mol. The molecule has 1 fully saturated rings. The minimum absolute atomic E-state index is 0.111. The summed E-state index contributed by atoms with van der Waals surface area (Å²) >= 11 is -2.38. The van der Waals surface area contributed by atoms with Crippen molar-refractivity contribution in [3.63, 3.8) is 0 Å². The van der Waals surface area contributed by atoms with Gasteiger partial charge in [-0.15, -0.1) is 0 Å². The fourth-order valence-electron chi connectivity index (χ4n) is 8.15. The monoisotopic (exact) mass is 858 g/mol. The second kappa shape index (κ2) is 21.0. The molecule has 5 aromatic rings. The third-order valence-corrected chi connectivity index (χ3v) is 27.3. The number of rotatable bonds is 20. The van der Waals surface area contributed by atoms with Crippen molar-refractivity contribution in [2.75, 3.05) is 31.5 Å². The van der Waals surface area contributed by atoms with Crippen LogP contribution >= 0.6 is 0 Å². The molecule has 0 amide bonds. The van der Waals surface area contributed by atoms with Crippen LogP contribution in [0.4, 0.5) is 11.6 Å². The SMILES string of the molecule is CCC[CH2][Sn]([CH2]CCC)([CH2]CCC)[c]1ccc(CN2CCN(Cc3ccc(C(=O)Cc4ccc(C)c(Nc5nccc(-c6cccnc6)n5)c4)cc3)CC2)cc1. The summed E-state index contributed by atoms with van der Waals surface area (Å²) in [5, 5.41) is 3.36. The van der Waals surface area contributed by atoms with Crippen molar-refractivity contribution in [2.24, 2.45) is 0 Å². The van der Waals surface area contributed by atoms with Crippen LogP contribution in [0, 0.1) is 6.92 Å². The van der Waals surface area contributed by atoms with Crippen molar-refractivity contribution < 1.29 is 4.79 Å². The molecule has 56 heavy (non-hydrogen) atoms. The van der Waals surface area contributed by atoms with Crippen molar-refractivity contribution in [3.05, 3.63) is 131 Å². The van der Waals surface area contributed by atoms with Crippen LogP contribution < -0.4 is 8.90 Å². The summed E-state index contributed by atoms with van der Waals surface area (Å²) in [5.74, 6) is 0.617. The quantitative estimate of drug-likeness (QED) is 0.0617. The van der Waals surface area contributed by atoms with Gasteiger partial charge < -0.3 is 5.32 Å². The van der Waals surface area contributed by atoms with Gasteiger partial charge in [-0.3, -0.25) is 9.78 Å². The number of carbonyl (C=O) groups excluding carboxylic acids is 1. The molecule has 7 nitrogen and oxygen atoms in total. The summed E-state index contributed by atoms with van der Waals surface area (Å²) < 4.78 is 6.36. The number of hydrogen-bond acceptors (Lipinski definition) is 7. The number of aryl methyl sites for hydroxylation is 1. The number of piperazine rings is 1. The number of nitrogens with zero attached hydrogens (tertiary/aromatic N) is 5. The molecule has 8 heteroatoms. The van der Waals surface area contributed by atoms with E-state index in [9.17, 15) is 4.79 Å². The number of pyridine rings is 1. The Kier molecular flexibility index (Phi) is 15.6. The first-order valence-electron chi connectivity index (χ1n) is 21.1. The van der Waals surface area contributed by atoms with Crippen molar-refractivity contribution >= 4 is 39.4 Å². The molecule has 1 N–H and O–H groups in total. The maximum atomic E-state index is 13.4. The van der Waals surface area contributed by atoms with Gasteiger partial charge in [-0.05, 0) is 42.3 Å². The summed E-state index contributed by atoms with van der Waals surface area (Å²) in [6.07, 6.45) is 13.8. The molecule has 3 aromatic carbocycles. The first-order chi connectivity index (χ1) is 27.4. The van der Waals surface area contributed by atoms with Crippen molar-refractivity contribution in [2.45, 2.75) is 99.0 Å². The molecule has 294 valence electrons. The topological polar surface area (TPSA) is 74.2 Å². The van der Waals surface area contributed by atoms with Crippen LogP contribution in [-0.4, -0.2) is 75.1 Å². The van der Waals surface area contributed by atoms with Gasteiger partial charge in [-0.2, -0.15) is 0 Å². The van der Waals surface area contributed by atoms with Gasteiger partial charge in [0, 0.05) is 41.8 Å². The molecule has 0 spiro atoms. The van der Waals surface area contributed by atoms with Crippen molar-refractivity contribution in [3.8, 4) is 11.3 Å². The molecule has 0 bridgehead atoms. The predicted octanol–water partition coefficient (Wildman–Crippen LogP) is 10.4. The van der Waals surface area contributed by atoms with E-state index in [2.05, 4.69) is 87.2 Å². The van der Waals surface area contributed by atoms with Crippen molar-refractivity contribution in [1.29, 1.82) is 0 Å². The average Bonchev–Trinajstić information content (AvgIpc) is 3.23. The first kappa shape index (κ1) is 41.7. The Morgan fingerprint density at radius 2 is 1.30 bits per heavy atom. The van der Waals surface area contributed by atoms with Crippen LogP contribution in [0.5, 0.6) is 0 Å². The standard InChI is InChI=1S/C36H35N6O.3C4H9.Sn/c1-27-9-10-30(22-34(27)40-36-38-17-15-33(39-36)32-8-5-16-37-24-32)23-35(43)31-13-11-29(12-14-31)26-42-20-18-41(19-21-42)25-28-6-3-2-4-7-28;3*1-3-4-2;/h3-17,22,24H,18-21,23,25-26H2,1H3,(H,38,39,40);3*1,3-4H2,2H3;. The second-order valence-corrected chi connectivity index (χ2v) is 29.2. The van der Waals surface area contributed by atoms with E-state index in [-0.39, 0.29) is 5.78 Å². The van der Waals surface area contributed by atoms with E-state index in [1.54, 1.807) is 22.2 Å². The zero-order valence-electron chi connectivity index (χ0n) is 34.3. The number of anilines is 2. The third kappa shape index (κ3) is 11.6. The second-order valence-electron chi connectivity index (χ2n) is 15.9. The molecule has 6 rings (SSSR count). The van der Waals surface area contributed by atoms with Crippen LogP contribution in [-0.2, 0) is 19.5 Å². The predicted molar refractivity (Wildman–Crippen MR) is 236 cm³/mol. The molecule has 0 radical (unpaired) electrons. The summed E-state index contributed by atoms with van der Waals surface area (Å²) in [6.45, 7) is 15.4. The fraction of sp³-hybridized carbons (Fsp3) is 0.417. The zero-order valence-corrected chi connectivity index (χ0v) is 37.1. The van der Waals surface area contributed by atoms with E-state index >= 15 is 0 Å². The fourth-order valence-corrected chi connectivity index (χ4v) is 24.1. The molecule has 0 saturated carbocycles. The summed E-state index contributed by atoms with van der Waals surface area (Å²) in [5.41, 5.74) is 8.09. The molecule has 0 aliphatic carbocycles. The van der Waals surface area contributed by atoms with E-state index in [0.717, 1.165) is 72.9 Å². The van der Waals surface area contributed by atoms with E-state index in [0.29, 0.717) is 12.4 Å². The molecular formula is C48H62N6OSn. The number of carbonyl (C=O) groups is 1. The van der Waals surface area contributed by atoms with E-state index < -0.39 is 18.4 Å². The zero-order chi connectivity index (χ0) is 39.2. The number of Topliss-reactive ketones (excluding diaryl/α,β-unsaturated/α-hetero) is 1. The molecule has 0 atom stereocenters. The van der Waals surface area contributed by atoms with Crippen LogP contribution in [0.25, 0.3) is 11.3 Å². The van der Waals surface area contributed by atoms with E-state index in [1.165, 1.54) is 63.0 Å². The number of ketones is 1. The van der Waals surface area contributed by atoms with Gasteiger partial charge >= 0.3 is 191 Å². The van der Waals surface area contributed by atoms with Gasteiger partial charge in [0.2, 0.25) is 5.95 Å². The number of aromatic nitrogens is 3. The van der Waals surface area contributed by atoms with Crippen LogP contribution in [0.15, 0.2) is 104 Å². The Morgan fingerprint density at radius 3 is 1.88 bits per heavy atom. The van der Waals surface area contributed by atoms with Gasteiger partial charge in [0.05, 0.1) is 5.69 Å². The summed E-state index contributed by atoms with van der Waals surface area (Å²) in [4.78, 5) is 31.9. The van der Waals surface area contributed by atoms with E-state index in [1.807, 2.05) is 55.5 Å². The van der Waals surface area contributed by atoms with E-state index in [4.69, 9.17) is 0 Å². The minimum atomic E-state index is -2.38. The molecule has 3 heterocycles. The third-order valence-electron chi connectivity index (χ3n) is 11.7. The average molecular weight is 858 g/mol. The number of hydrogen-bond donors (Lipinski definition) is 1. The Hall–Kier alpha value is -3.92. The Balaban J connectivity index is 0.984. The molecule has 2 aromatic heterocycles. The summed E-state index contributed by atoms with van der Waals surface area (Å²) in [6, 6.07) is 30.1. The van der Waals surface area contributed by atoms with Gasteiger partial charge in [0.1, 0.15) is 0 Å². The number of nitrogens with one attached hydrogen (secondary N) is 1. The van der Waals surface area contributed by atoms with Crippen molar-refractivity contribution in [1.82, 2.24) is 24.8 Å². The molecule has 0 unspecified atom stereocenters. The van der Waals surface area contributed by atoms with Gasteiger partial charge in [0.15, 0.2) is 5.78 Å². The van der Waals surface area contributed by atoms with Crippen LogP contribution in [0.1, 0.15) is 91.9 Å². The van der Waals surface area contributed by atoms with Gasteiger partial charge in [-0.1, -0.05) is 24.3 Å². The normalized spacial score (nSPS) is 13.9. The summed E-state index contributed by atoms with van der Waals surface area (Å²) in [7, 11) is 0. The Morgan fingerprint density at radius 1 is 0.714 bits per heavy atom. The Labute approximate surface area is 340 Å². The van der Waals surface area contributed by atoms with Crippen LogP contribution in [0.2, 0.25) is 13.3 Å². The molecule has 1 saturated heterocycles. The number of unbranched alkanes of at least 4 members (excludes halogenated alkanes) is 3.